The van der Waals surface area contributed by atoms with Gasteiger partial charge in [-0.1, -0.05) is 31.2 Å². The van der Waals surface area contributed by atoms with Gasteiger partial charge in [0.25, 0.3) is 5.91 Å². The van der Waals surface area contributed by atoms with Gasteiger partial charge < -0.3 is 9.80 Å². The molecule has 2 atom stereocenters. The van der Waals surface area contributed by atoms with Gasteiger partial charge in [-0.3, -0.25) is 4.79 Å². The molecule has 0 aliphatic carbocycles. The minimum atomic E-state index is -0.164. The Morgan fingerprint density at radius 1 is 1.03 bits per heavy atom. The highest BCUT2D eigenvalue weighted by atomic mass is 32.1. The molecule has 3 heterocycles. The molecule has 5 heteroatoms. The maximum Gasteiger partial charge on any atom is 0.254 e. The number of carbonyl (C=O) groups excluding carboxylic acids is 1. The molecule has 1 aromatic heterocycles. The lowest BCUT2D eigenvalue weighted by Gasteiger charge is -2.34. The summed E-state index contributed by atoms with van der Waals surface area (Å²) < 4.78 is 13.3. The van der Waals surface area contributed by atoms with Crippen LogP contribution in [0.1, 0.15) is 64.2 Å². The zero-order chi connectivity index (χ0) is 24.4. The Hall–Kier alpha value is -2.50. The standard InChI is InChI=1S/C30H35FN2OS/c1-3-27-21(2)5-4-6-28(27)30(34)33-18-25(29(19-33)24-13-16-35-20-24)17-32-14-11-23(12-15-32)22-7-9-26(31)10-8-22/h4-10,13,16,20,23,25,29H,3,11-12,14-15,17-19H2,1-2H3. The van der Waals surface area contributed by atoms with Crippen molar-refractivity contribution in [2.75, 3.05) is 32.7 Å². The molecule has 184 valence electrons. The third-order valence-corrected chi connectivity index (χ3v) is 8.82. The number of nitrogens with zero attached hydrogens (tertiary/aromatic N) is 2. The Kier molecular flexibility index (Phi) is 7.35. The number of halogens is 1. The molecule has 2 aliphatic rings. The molecule has 2 aromatic carbocycles. The quantitative estimate of drug-likeness (QED) is 0.394. The molecule has 2 fully saturated rings. The summed E-state index contributed by atoms with van der Waals surface area (Å²) in [7, 11) is 0. The van der Waals surface area contributed by atoms with E-state index in [-0.39, 0.29) is 11.7 Å². The zero-order valence-electron chi connectivity index (χ0n) is 20.8. The number of aryl methyl sites for hydroxylation is 1. The summed E-state index contributed by atoms with van der Waals surface area (Å²) in [5.41, 5.74) is 5.88. The van der Waals surface area contributed by atoms with Crippen LogP contribution in [-0.4, -0.2) is 48.4 Å². The molecular weight excluding hydrogens is 455 g/mol. The lowest BCUT2D eigenvalue weighted by atomic mass is 9.87. The average molecular weight is 491 g/mol. The predicted molar refractivity (Wildman–Crippen MR) is 142 cm³/mol. The molecule has 2 unspecified atom stereocenters. The van der Waals surface area contributed by atoms with Crippen LogP contribution in [0.5, 0.6) is 0 Å². The summed E-state index contributed by atoms with van der Waals surface area (Å²) in [6.45, 7) is 8.98. The highest BCUT2D eigenvalue weighted by Gasteiger charge is 2.38. The van der Waals surface area contributed by atoms with E-state index in [4.69, 9.17) is 0 Å². The minimum absolute atomic E-state index is 0.164. The summed E-state index contributed by atoms with van der Waals surface area (Å²) in [4.78, 5) is 18.3. The van der Waals surface area contributed by atoms with E-state index in [1.54, 1.807) is 23.5 Å². The van der Waals surface area contributed by atoms with Crippen LogP contribution in [0.4, 0.5) is 4.39 Å². The largest absolute Gasteiger partial charge is 0.338 e. The number of rotatable bonds is 6. The molecule has 1 amide bonds. The van der Waals surface area contributed by atoms with Crippen LogP contribution in [0.3, 0.4) is 0 Å². The van der Waals surface area contributed by atoms with Crippen molar-refractivity contribution in [3.8, 4) is 0 Å². The van der Waals surface area contributed by atoms with E-state index in [1.165, 1.54) is 22.3 Å². The van der Waals surface area contributed by atoms with Crippen LogP contribution in [0.15, 0.2) is 59.3 Å². The van der Waals surface area contributed by atoms with Gasteiger partial charge >= 0.3 is 0 Å². The van der Waals surface area contributed by atoms with Crippen LogP contribution in [0, 0.1) is 18.7 Å². The molecule has 2 aliphatic heterocycles. The van der Waals surface area contributed by atoms with Crippen molar-refractivity contribution < 1.29 is 9.18 Å². The van der Waals surface area contributed by atoms with Crippen molar-refractivity contribution in [1.82, 2.24) is 9.80 Å². The number of piperidine rings is 1. The van der Waals surface area contributed by atoms with Gasteiger partial charge in [-0.15, -0.1) is 0 Å². The molecule has 3 aromatic rings. The number of hydrogen-bond acceptors (Lipinski definition) is 3. The fourth-order valence-electron chi connectivity index (χ4n) is 6.14. The third-order valence-electron chi connectivity index (χ3n) is 8.12. The lowest BCUT2D eigenvalue weighted by Crippen LogP contribution is -2.38. The van der Waals surface area contributed by atoms with E-state index in [0.717, 1.165) is 57.5 Å². The number of thiophene rings is 1. The maximum atomic E-state index is 13.6. The third kappa shape index (κ3) is 5.22. The van der Waals surface area contributed by atoms with E-state index in [2.05, 4.69) is 46.5 Å². The normalized spacial score (nSPS) is 21.5. The van der Waals surface area contributed by atoms with Crippen LogP contribution in [0.25, 0.3) is 0 Å². The van der Waals surface area contributed by atoms with E-state index in [1.807, 2.05) is 24.3 Å². The van der Waals surface area contributed by atoms with E-state index < -0.39 is 0 Å². The minimum Gasteiger partial charge on any atom is -0.338 e. The van der Waals surface area contributed by atoms with Crippen LogP contribution >= 0.6 is 11.3 Å². The Bertz CT molecular complexity index is 1140. The number of likely N-dealkylation sites (tertiary alicyclic amines) is 2. The fraction of sp³-hybridized carbons (Fsp3) is 0.433. The Morgan fingerprint density at radius 2 is 1.80 bits per heavy atom. The predicted octanol–water partition coefficient (Wildman–Crippen LogP) is 6.49. The molecule has 0 radical (unpaired) electrons. The summed E-state index contributed by atoms with van der Waals surface area (Å²) in [6.07, 6.45) is 3.09. The van der Waals surface area contributed by atoms with Gasteiger partial charge in [-0.25, -0.2) is 4.39 Å². The second kappa shape index (κ2) is 10.6. The molecule has 35 heavy (non-hydrogen) atoms. The second-order valence-electron chi connectivity index (χ2n) is 10.2. The van der Waals surface area contributed by atoms with Crippen LogP contribution in [-0.2, 0) is 6.42 Å². The van der Waals surface area contributed by atoms with Gasteiger partial charge in [0.15, 0.2) is 0 Å². The van der Waals surface area contributed by atoms with E-state index in [0.29, 0.717) is 17.8 Å². The first-order valence-electron chi connectivity index (χ1n) is 12.9. The molecular formula is C30H35FN2OS. The summed E-state index contributed by atoms with van der Waals surface area (Å²) in [5.74, 6) is 1.35. The van der Waals surface area contributed by atoms with Gasteiger partial charge in [0, 0.05) is 31.1 Å². The zero-order valence-corrected chi connectivity index (χ0v) is 21.6. The lowest BCUT2D eigenvalue weighted by molar-refractivity contribution is 0.0780. The molecule has 0 bridgehead atoms. The highest BCUT2D eigenvalue weighted by molar-refractivity contribution is 7.08. The molecule has 2 saturated heterocycles. The monoisotopic (exact) mass is 490 g/mol. The number of benzene rings is 2. The Balaban J connectivity index is 1.28. The van der Waals surface area contributed by atoms with Crippen LogP contribution < -0.4 is 0 Å². The summed E-state index contributed by atoms with van der Waals surface area (Å²) in [6, 6.07) is 15.4. The smallest absolute Gasteiger partial charge is 0.254 e. The van der Waals surface area contributed by atoms with Crippen molar-refractivity contribution in [2.24, 2.45) is 5.92 Å². The average Bonchev–Trinajstić information content (AvgIpc) is 3.55. The highest BCUT2D eigenvalue weighted by Crippen LogP contribution is 2.37. The molecule has 0 saturated carbocycles. The number of amides is 1. The maximum absolute atomic E-state index is 13.6. The van der Waals surface area contributed by atoms with Crippen molar-refractivity contribution in [2.45, 2.75) is 44.9 Å². The van der Waals surface area contributed by atoms with E-state index in [9.17, 15) is 9.18 Å². The van der Waals surface area contributed by atoms with Gasteiger partial charge in [-0.05, 0) is 108 Å². The Morgan fingerprint density at radius 3 is 2.49 bits per heavy atom. The van der Waals surface area contributed by atoms with Crippen molar-refractivity contribution in [3.05, 3.63) is 92.9 Å². The number of hydrogen-bond donors (Lipinski definition) is 0. The van der Waals surface area contributed by atoms with Gasteiger partial charge in [-0.2, -0.15) is 11.3 Å². The number of carbonyl (C=O) groups is 1. The first kappa shape index (κ1) is 24.2. The van der Waals surface area contributed by atoms with E-state index >= 15 is 0 Å². The van der Waals surface area contributed by atoms with Crippen molar-refractivity contribution >= 4 is 17.2 Å². The SMILES string of the molecule is CCc1c(C)cccc1C(=O)N1CC(CN2CCC(c3ccc(F)cc3)CC2)C(c2ccsc2)C1. The van der Waals surface area contributed by atoms with Crippen molar-refractivity contribution in [1.29, 1.82) is 0 Å². The van der Waals surface area contributed by atoms with Gasteiger partial charge in [0.1, 0.15) is 5.82 Å². The topological polar surface area (TPSA) is 23.6 Å². The molecule has 3 nitrogen and oxygen atoms in total. The second-order valence-corrected chi connectivity index (χ2v) is 11.0. The van der Waals surface area contributed by atoms with Crippen LogP contribution in [0.2, 0.25) is 0 Å². The fourth-order valence-corrected chi connectivity index (χ4v) is 6.87. The summed E-state index contributed by atoms with van der Waals surface area (Å²) in [5, 5.41) is 4.41. The summed E-state index contributed by atoms with van der Waals surface area (Å²) >= 11 is 1.74. The Labute approximate surface area is 212 Å². The molecule has 5 rings (SSSR count). The molecule has 0 spiro atoms. The molecule has 0 N–H and O–H groups in total. The van der Waals surface area contributed by atoms with Gasteiger partial charge in [0.05, 0.1) is 0 Å². The van der Waals surface area contributed by atoms with Gasteiger partial charge in [0.2, 0.25) is 0 Å². The first-order valence-corrected chi connectivity index (χ1v) is 13.9. The van der Waals surface area contributed by atoms with Crippen molar-refractivity contribution in [3.63, 3.8) is 0 Å². The first-order chi connectivity index (χ1) is 17.0.